The van der Waals surface area contributed by atoms with Gasteiger partial charge >= 0.3 is 0 Å². The third-order valence-electron chi connectivity index (χ3n) is 3.44. The smallest absolute Gasteiger partial charge is 0.109 e. The molecule has 1 fully saturated rings. The molecule has 72 valence electrons. The van der Waals surface area contributed by atoms with Gasteiger partial charge in [0.2, 0.25) is 0 Å². The summed E-state index contributed by atoms with van der Waals surface area (Å²) < 4.78 is 0. The Balaban J connectivity index is 2.38. The molecule has 0 aromatic rings. The molecule has 2 aliphatic carbocycles. The Hall–Kier alpha value is -0.560. The van der Waals surface area contributed by atoms with E-state index in [0.29, 0.717) is 5.92 Å². The fourth-order valence-electron chi connectivity index (χ4n) is 2.37. The van der Waals surface area contributed by atoms with Crippen LogP contribution >= 0.6 is 0 Å². The summed E-state index contributed by atoms with van der Waals surface area (Å²) in [4.78, 5) is 0. The molecule has 2 rings (SSSR count). The topological polar surface area (TPSA) is 20.2 Å². The molecule has 0 spiro atoms. The number of allylic oxidation sites excluding steroid dienone is 2. The minimum atomic E-state index is -0.587. The third-order valence-corrected chi connectivity index (χ3v) is 3.44. The number of hydrogen-bond donors (Lipinski definition) is 1. The summed E-state index contributed by atoms with van der Waals surface area (Å²) in [6.07, 6.45) is 8.94. The minimum absolute atomic E-state index is 0.498. The van der Waals surface area contributed by atoms with Crippen LogP contribution in [0, 0.1) is 5.92 Å². The number of aliphatic hydroxyl groups is 1. The molecule has 13 heavy (non-hydrogen) atoms. The van der Waals surface area contributed by atoms with Gasteiger partial charge in [-0.2, -0.15) is 0 Å². The highest BCUT2D eigenvalue weighted by Gasteiger charge is 2.46. The van der Waals surface area contributed by atoms with Gasteiger partial charge in [-0.05, 0) is 56.6 Å². The van der Waals surface area contributed by atoms with Crippen LogP contribution < -0.4 is 0 Å². The standard InChI is InChI=1S/C12H18O/c1-9-5-3-4-6-10(2)12(9,13)11-7-8-11/h5-6,11,13H,3-4,7-8H2,1-2H3. The van der Waals surface area contributed by atoms with Gasteiger partial charge in [0.25, 0.3) is 0 Å². The van der Waals surface area contributed by atoms with Crippen molar-refractivity contribution in [2.45, 2.75) is 45.1 Å². The summed E-state index contributed by atoms with van der Waals surface area (Å²) in [5.41, 5.74) is 1.75. The predicted octanol–water partition coefficient (Wildman–Crippen LogP) is 2.81. The molecule has 0 atom stereocenters. The molecule has 0 aromatic heterocycles. The van der Waals surface area contributed by atoms with E-state index in [0.717, 1.165) is 12.8 Å². The predicted molar refractivity (Wildman–Crippen MR) is 54.4 cm³/mol. The molecule has 0 unspecified atom stereocenters. The highest BCUT2D eigenvalue weighted by atomic mass is 16.3. The minimum Gasteiger partial charge on any atom is -0.381 e. The normalized spacial score (nSPS) is 27.6. The quantitative estimate of drug-likeness (QED) is 0.612. The van der Waals surface area contributed by atoms with Gasteiger partial charge in [-0.15, -0.1) is 0 Å². The Morgan fingerprint density at radius 3 is 2.00 bits per heavy atom. The summed E-state index contributed by atoms with van der Waals surface area (Å²) in [5, 5.41) is 10.6. The lowest BCUT2D eigenvalue weighted by Crippen LogP contribution is -2.33. The van der Waals surface area contributed by atoms with E-state index in [9.17, 15) is 5.11 Å². The SMILES string of the molecule is CC1=CCCC=C(C)C1(O)C1CC1. The maximum Gasteiger partial charge on any atom is 0.109 e. The van der Waals surface area contributed by atoms with Crippen LogP contribution in [0.25, 0.3) is 0 Å². The summed E-state index contributed by atoms with van der Waals surface area (Å²) in [5.74, 6) is 0.498. The second-order valence-electron chi connectivity index (χ2n) is 4.39. The molecule has 0 heterocycles. The first kappa shape index (κ1) is 9.01. The van der Waals surface area contributed by atoms with Crippen LogP contribution in [0.15, 0.2) is 23.3 Å². The lowest BCUT2D eigenvalue weighted by Gasteiger charge is -2.30. The molecule has 0 aliphatic heterocycles. The molecule has 1 heteroatoms. The van der Waals surface area contributed by atoms with Gasteiger partial charge in [0.1, 0.15) is 5.60 Å². The summed E-state index contributed by atoms with van der Waals surface area (Å²) >= 11 is 0. The van der Waals surface area contributed by atoms with Gasteiger partial charge in [0.05, 0.1) is 0 Å². The highest BCUT2D eigenvalue weighted by Crippen LogP contribution is 2.48. The van der Waals surface area contributed by atoms with E-state index in [1.165, 1.54) is 24.0 Å². The van der Waals surface area contributed by atoms with Crippen LogP contribution in [0.3, 0.4) is 0 Å². The molecular weight excluding hydrogens is 160 g/mol. The Labute approximate surface area is 80.2 Å². The van der Waals surface area contributed by atoms with Gasteiger partial charge in [0.15, 0.2) is 0 Å². The van der Waals surface area contributed by atoms with Crippen molar-refractivity contribution in [3.63, 3.8) is 0 Å². The van der Waals surface area contributed by atoms with Gasteiger partial charge in [-0.1, -0.05) is 12.2 Å². The molecule has 1 N–H and O–H groups in total. The van der Waals surface area contributed by atoms with Gasteiger partial charge in [-0.25, -0.2) is 0 Å². The zero-order valence-corrected chi connectivity index (χ0v) is 8.51. The van der Waals surface area contributed by atoms with Crippen LogP contribution in [-0.2, 0) is 0 Å². The molecule has 0 amide bonds. The molecule has 0 saturated heterocycles. The fourth-order valence-corrected chi connectivity index (χ4v) is 2.37. The van der Waals surface area contributed by atoms with Crippen molar-refractivity contribution in [3.8, 4) is 0 Å². The maximum atomic E-state index is 10.6. The number of hydrogen-bond acceptors (Lipinski definition) is 1. The Kier molecular flexibility index (Phi) is 2.07. The molecule has 0 radical (unpaired) electrons. The molecule has 0 bridgehead atoms. The zero-order chi connectivity index (χ0) is 9.47. The molecular formula is C12H18O. The first-order chi connectivity index (χ1) is 6.15. The van der Waals surface area contributed by atoms with Crippen molar-refractivity contribution >= 4 is 0 Å². The summed E-state index contributed by atoms with van der Waals surface area (Å²) in [6, 6.07) is 0. The van der Waals surface area contributed by atoms with Crippen molar-refractivity contribution in [1.82, 2.24) is 0 Å². The average molecular weight is 178 g/mol. The van der Waals surface area contributed by atoms with Crippen LogP contribution in [0.1, 0.15) is 39.5 Å². The van der Waals surface area contributed by atoms with E-state index >= 15 is 0 Å². The Bertz CT molecular complexity index is 249. The van der Waals surface area contributed by atoms with E-state index < -0.39 is 5.60 Å². The monoisotopic (exact) mass is 178 g/mol. The van der Waals surface area contributed by atoms with E-state index in [1.54, 1.807) is 0 Å². The Morgan fingerprint density at radius 2 is 1.62 bits per heavy atom. The third kappa shape index (κ3) is 1.35. The maximum absolute atomic E-state index is 10.6. The molecule has 1 saturated carbocycles. The van der Waals surface area contributed by atoms with Crippen molar-refractivity contribution in [1.29, 1.82) is 0 Å². The van der Waals surface area contributed by atoms with E-state index in [4.69, 9.17) is 0 Å². The summed E-state index contributed by atoms with van der Waals surface area (Å²) in [6.45, 7) is 4.14. The number of rotatable bonds is 1. The van der Waals surface area contributed by atoms with Crippen LogP contribution in [0.5, 0.6) is 0 Å². The first-order valence-electron chi connectivity index (χ1n) is 5.22. The molecule has 0 aromatic carbocycles. The molecule has 2 aliphatic rings. The largest absolute Gasteiger partial charge is 0.381 e. The lowest BCUT2D eigenvalue weighted by molar-refractivity contribution is 0.0929. The average Bonchev–Trinajstić information content (AvgIpc) is 2.91. The van der Waals surface area contributed by atoms with E-state index in [1.807, 2.05) is 0 Å². The van der Waals surface area contributed by atoms with E-state index in [2.05, 4.69) is 26.0 Å². The second-order valence-corrected chi connectivity index (χ2v) is 4.39. The molecule has 1 nitrogen and oxygen atoms in total. The van der Waals surface area contributed by atoms with Crippen LogP contribution in [-0.4, -0.2) is 10.7 Å². The lowest BCUT2D eigenvalue weighted by atomic mass is 9.83. The van der Waals surface area contributed by atoms with Gasteiger partial charge in [0, 0.05) is 0 Å². The second kappa shape index (κ2) is 2.98. The summed E-state index contributed by atoms with van der Waals surface area (Å²) in [7, 11) is 0. The van der Waals surface area contributed by atoms with E-state index in [-0.39, 0.29) is 0 Å². The Morgan fingerprint density at radius 1 is 1.15 bits per heavy atom. The fraction of sp³-hybridized carbons (Fsp3) is 0.667. The van der Waals surface area contributed by atoms with Crippen molar-refractivity contribution in [2.75, 3.05) is 0 Å². The van der Waals surface area contributed by atoms with Crippen molar-refractivity contribution in [3.05, 3.63) is 23.3 Å². The first-order valence-corrected chi connectivity index (χ1v) is 5.22. The highest BCUT2D eigenvalue weighted by molar-refractivity contribution is 5.35. The van der Waals surface area contributed by atoms with Crippen molar-refractivity contribution < 1.29 is 5.11 Å². The van der Waals surface area contributed by atoms with Gasteiger partial charge in [-0.3, -0.25) is 0 Å². The zero-order valence-electron chi connectivity index (χ0n) is 8.51. The van der Waals surface area contributed by atoms with Crippen LogP contribution in [0.2, 0.25) is 0 Å². The van der Waals surface area contributed by atoms with Crippen LogP contribution in [0.4, 0.5) is 0 Å². The van der Waals surface area contributed by atoms with Gasteiger partial charge < -0.3 is 5.11 Å². The van der Waals surface area contributed by atoms with Crippen molar-refractivity contribution in [2.24, 2.45) is 5.92 Å².